The molecule has 5 atom stereocenters. The van der Waals surface area contributed by atoms with E-state index >= 15 is 0 Å². The molecule has 2 bridgehead atoms. The number of aliphatic hydroxyl groups is 1. The van der Waals surface area contributed by atoms with Gasteiger partial charge < -0.3 is 19.6 Å². The molecule has 5 heteroatoms. The Morgan fingerprint density at radius 1 is 1.15 bits per heavy atom. The van der Waals surface area contributed by atoms with Crippen LogP contribution in [0.1, 0.15) is 36.8 Å². The van der Waals surface area contributed by atoms with E-state index in [2.05, 4.69) is 35.2 Å². The lowest BCUT2D eigenvalue weighted by Crippen LogP contribution is -2.64. The fourth-order valence-corrected chi connectivity index (χ4v) is 6.40. The van der Waals surface area contributed by atoms with Crippen molar-refractivity contribution in [1.82, 2.24) is 9.96 Å². The predicted molar refractivity (Wildman–Crippen MR) is 102 cm³/mol. The van der Waals surface area contributed by atoms with Crippen LogP contribution < -0.4 is 9.57 Å². The summed E-state index contributed by atoms with van der Waals surface area (Å²) in [4.78, 5) is 8.80. The van der Waals surface area contributed by atoms with Crippen molar-refractivity contribution in [3.63, 3.8) is 0 Å². The van der Waals surface area contributed by atoms with Gasteiger partial charge in [-0.15, -0.1) is 5.06 Å². The number of benzene rings is 1. The molecule has 2 aliphatic carbocycles. The van der Waals surface area contributed by atoms with Crippen molar-refractivity contribution in [2.75, 3.05) is 26.7 Å². The fourth-order valence-electron chi connectivity index (χ4n) is 6.40. The van der Waals surface area contributed by atoms with Gasteiger partial charge in [0.2, 0.25) is 0 Å². The molecule has 0 aromatic heterocycles. The summed E-state index contributed by atoms with van der Waals surface area (Å²) in [7, 11) is 2.24. The van der Waals surface area contributed by atoms with Crippen molar-refractivity contribution in [3.05, 3.63) is 35.4 Å². The number of nitrogens with zero attached hydrogens (tertiary/aromatic N) is 2. The van der Waals surface area contributed by atoms with E-state index in [0.29, 0.717) is 12.0 Å². The van der Waals surface area contributed by atoms with E-state index in [-0.39, 0.29) is 11.5 Å². The zero-order valence-electron chi connectivity index (χ0n) is 15.9. The first-order valence-electron chi connectivity index (χ1n) is 10.5. The average Bonchev–Trinajstić information content (AvgIpc) is 3.04. The minimum atomic E-state index is -0.550. The van der Waals surface area contributed by atoms with E-state index in [1.807, 2.05) is 6.08 Å². The molecule has 1 spiro atoms. The van der Waals surface area contributed by atoms with Crippen molar-refractivity contribution >= 4 is 0 Å². The number of piperidine rings is 2. The lowest BCUT2D eigenvalue weighted by atomic mass is 9.53. The Morgan fingerprint density at radius 3 is 2.85 bits per heavy atom. The highest BCUT2D eigenvalue weighted by Crippen LogP contribution is 2.62. The second-order valence-electron chi connectivity index (χ2n) is 8.99. The lowest BCUT2D eigenvalue weighted by Gasteiger charge is -2.56. The maximum absolute atomic E-state index is 10.8. The summed E-state index contributed by atoms with van der Waals surface area (Å²) in [5.41, 5.74) is 2.61. The predicted octanol–water partition coefficient (Wildman–Crippen LogP) is 2.27. The number of ether oxygens (including phenoxy) is 1. The molecule has 144 valence electrons. The first kappa shape index (κ1) is 16.4. The van der Waals surface area contributed by atoms with Crippen LogP contribution >= 0.6 is 0 Å². The largest absolute Gasteiger partial charge is 0.482 e. The quantitative estimate of drug-likeness (QED) is 0.812. The molecule has 3 heterocycles. The van der Waals surface area contributed by atoms with Crippen molar-refractivity contribution in [3.8, 4) is 11.5 Å². The van der Waals surface area contributed by atoms with Crippen molar-refractivity contribution in [2.24, 2.45) is 5.92 Å². The van der Waals surface area contributed by atoms with Gasteiger partial charge in [-0.25, -0.2) is 0 Å². The molecule has 5 aliphatic rings. The number of likely N-dealkylation sites (N-methyl/N-ethyl adjacent to an activating group) is 1. The monoisotopic (exact) mass is 368 g/mol. The highest BCUT2D eigenvalue weighted by molar-refractivity contribution is 5.62. The van der Waals surface area contributed by atoms with Crippen LogP contribution in [0.5, 0.6) is 11.5 Å². The maximum atomic E-state index is 10.8. The molecule has 2 saturated heterocycles. The molecule has 3 aliphatic heterocycles. The van der Waals surface area contributed by atoms with Crippen molar-refractivity contribution in [2.45, 2.75) is 55.8 Å². The number of aliphatic hydroxyl groups excluding tert-OH is 1. The smallest absolute Gasteiger partial charge is 0.189 e. The standard InChI is InChI=1S/C22H28N2O3/c1-23-12-9-22-15-6-7-17(25)21(22)26-20-18(27-24-10-3-2-4-11-24)8-5-14(19(20)22)13-16(15)23/h5-8,15-17,21,25H,2-4,9-13H2,1H3/t15-,16+,17-,21-,22-/m0/s1. The summed E-state index contributed by atoms with van der Waals surface area (Å²) >= 11 is 0. The topological polar surface area (TPSA) is 45.2 Å². The van der Waals surface area contributed by atoms with E-state index in [9.17, 15) is 5.11 Å². The molecule has 0 unspecified atom stereocenters. The SMILES string of the molecule is CN1CC[C@]23c4c5ccc(ON6CCCCC6)c4O[C@H]2[C@@H](O)C=C[C@H]3[C@H]1C5. The molecule has 0 saturated carbocycles. The molecule has 0 radical (unpaired) electrons. The lowest BCUT2D eigenvalue weighted by molar-refractivity contribution is -0.0763. The first-order valence-corrected chi connectivity index (χ1v) is 10.5. The number of rotatable bonds is 2. The molecular formula is C22H28N2O3. The maximum Gasteiger partial charge on any atom is 0.189 e. The van der Waals surface area contributed by atoms with Gasteiger partial charge in [0, 0.05) is 36.0 Å². The van der Waals surface area contributed by atoms with Crippen molar-refractivity contribution in [1.29, 1.82) is 0 Å². The van der Waals surface area contributed by atoms with E-state index in [1.54, 1.807) is 0 Å². The van der Waals surface area contributed by atoms with Gasteiger partial charge in [-0.3, -0.25) is 0 Å². The average molecular weight is 368 g/mol. The molecular weight excluding hydrogens is 340 g/mol. The molecule has 27 heavy (non-hydrogen) atoms. The van der Waals surface area contributed by atoms with Crippen LogP contribution in [-0.2, 0) is 11.8 Å². The number of hydrogen-bond acceptors (Lipinski definition) is 5. The third-order valence-corrected chi connectivity index (χ3v) is 7.68. The fraction of sp³-hybridized carbons (Fsp3) is 0.636. The van der Waals surface area contributed by atoms with Crippen LogP contribution in [0.15, 0.2) is 24.3 Å². The van der Waals surface area contributed by atoms with Gasteiger partial charge >= 0.3 is 0 Å². The van der Waals surface area contributed by atoms with Gasteiger partial charge in [-0.2, -0.15) is 0 Å². The van der Waals surface area contributed by atoms with Gasteiger partial charge in [0.1, 0.15) is 12.2 Å². The minimum absolute atomic E-state index is 0.102. The molecule has 1 aromatic rings. The number of hydrogen-bond donors (Lipinski definition) is 1. The Kier molecular flexibility index (Phi) is 3.48. The number of likely N-dealkylation sites (tertiary alicyclic amines) is 1. The van der Waals surface area contributed by atoms with Gasteiger partial charge in [-0.1, -0.05) is 24.6 Å². The van der Waals surface area contributed by atoms with Gasteiger partial charge in [0.25, 0.3) is 0 Å². The molecule has 0 amide bonds. The summed E-state index contributed by atoms with van der Waals surface area (Å²) in [6.07, 6.45) is 9.22. The molecule has 6 rings (SSSR count). The first-order chi connectivity index (χ1) is 13.2. The van der Waals surface area contributed by atoms with E-state index in [1.165, 1.54) is 30.4 Å². The highest BCUT2D eigenvalue weighted by Gasteiger charge is 2.64. The van der Waals surface area contributed by atoms with Crippen LogP contribution in [-0.4, -0.2) is 60.0 Å². The zero-order valence-corrected chi connectivity index (χ0v) is 15.9. The van der Waals surface area contributed by atoms with Crippen LogP contribution in [0, 0.1) is 5.92 Å². The highest BCUT2D eigenvalue weighted by atomic mass is 16.7. The minimum Gasteiger partial charge on any atom is -0.482 e. The summed E-state index contributed by atoms with van der Waals surface area (Å²) in [6.45, 7) is 3.01. The molecule has 1 aromatic carbocycles. The molecule has 1 N–H and O–H groups in total. The Morgan fingerprint density at radius 2 is 2.00 bits per heavy atom. The summed E-state index contributed by atoms with van der Waals surface area (Å²) in [5.74, 6) is 2.14. The van der Waals surface area contributed by atoms with E-state index in [4.69, 9.17) is 9.57 Å². The van der Waals surface area contributed by atoms with E-state index in [0.717, 1.165) is 44.0 Å². The Bertz CT molecular complexity index is 803. The second kappa shape index (κ2) is 5.72. The Labute approximate surface area is 160 Å². The zero-order chi connectivity index (χ0) is 18.2. The van der Waals surface area contributed by atoms with Gasteiger partial charge in [-0.05, 0) is 50.9 Å². The van der Waals surface area contributed by atoms with Gasteiger partial charge in [0.15, 0.2) is 11.5 Å². The Balaban J connectivity index is 1.48. The number of hydroxylamine groups is 2. The van der Waals surface area contributed by atoms with Gasteiger partial charge in [0.05, 0.1) is 0 Å². The Hall–Kier alpha value is -1.56. The molecule has 2 fully saturated rings. The van der Waals surface area contributed by atoms with E-state index < -0.39 is 6.10 Å². The summed E-state index contributed by atoms with van der Waals surface area (Å²) < 4.78 is 6.53. The third-order valence-electron chi connectivity index (χ3n) is 7.68. The van der Waals surface area contributed by atoms with Crippen LogP contribution in [0.3, 0.4) is 0 Å². The third kappa shape index (κ3) is 2.11. The molecule has 5 nitrogen and oxygen atoms in total. The van der Waals surface area contributed by atoms with Crippen LogP contribution in [0.4, 0.5) is 0 Å². The van der Waals surface area contributed by atoms with Crippen LogP contribution in [0.25, 0.3) is 0 Å². The van der Waals surface area contributed by atoms with Crippen molar-refractivity contribution < 1.29 is 14.7 Å². The summed E-state index contributed by atoms with van der Waals surface area (Å²) in [6, 6.07) is 4.83. The summed E-state index contributed by atoms with van der Waals surface area (Å²) in [5, 5.41) is 12.9. The second-order valence-corrected chi connectivity index (χ2v) is 8.99. The normalized spacial score (nSPS) is 39.8. The van der Waals surface area contributed by atoms with Crippen LogP contribution in [0.2, 0.25) is 0 Å².